The van der Waals surface area contributed by atoms with E-state index in [9.17, 15) is 9.59 Å². The van der Waals surface area contributed by atoms with E-state index in [1.807, 2.05) is 72.1 Å². The molecule has 5 rings (SSSR count). The Balaban J connectivity index is 1.78. The van der Waals surface area contributed by atoms with Crippen molar-refractivity contribution in [3.8, 4) is 0 Å². The third kappa shape index (κ3) is 1.93. The van der Waals surface area contributed by atoms with Gasteiger partial charge in [0.15, 0.2) is 5.78 Å². The number of Topliss-reactive ketones (excluding diaryl/α,β-unsaturated/α-hetero) is 1. The topological polar surface area (TPSA) is 37.4 Å². The average Bonchev–Trinajstić information content (AvgIpc) is 3.30. The molecule has 1 amide bonds. The molecular weight excluding hydrogens is 342 g/mol. The zero-order valence-corrected chi connectivity index (χ0v) is 14.7. The molecule has 0 fully saturated rings. The van der Waals surface area contributed by atoms with Gasteiger partial charge in [-0.3, -0.25) is 14.5 Å². The molecule has 4 heteroatoms. The van der Waals surface area contributed by atoms with Crippen molar-refractivity contribution < 1.29 is 9.59 Å². The van der Waals surface area contributed by atoms with Gasteiger partial charge in [-0.25, -0.2) is 0 Å². The fourth-order valence-corrected chi connectivity index (χ4v) is 4.84. The van der Waals surface area contributed by atoms with Gasteiger partial charge in [0.1, 0.15) is 5.54 Å². The molecule has 0 bridgehead atoms. The average molecular weight is 357 g/mol. The summed E-state index contributed by atoms with van der Waals surface area (Å²) in [7, 11) is 0. The van der Waals surface area contributed by atoms with Crippen LogP contribution in [0, 0.1) is 0 Å². The van der Waals surface area contributed by atoms with E-state index >= 15 is 0 Å². The lowest BCUT2D eigenvalue weighted by Crippen LogP contribution is -2.52. The summed E-state index contributed by atoms with van der Waals surface area (Å²) in [4.78, 5) is 29.5. The van der Waals surface area contributed by atoms with Gasteiger partial charge in [0.2, 0.25) is 0 Å². The molecule has 0 aliphatic carbocycles. The highest BCUT2D eigenvalue weighted by atomic mass is 32.1. The van der Waals surface area contributed by atoms with Gasteiger partial charge in [0.25, 0.3) is 5.91 Å². The minimum absolute atomic E-state index is 0.00481. The summed E-state index contributed by atoms with van der Waals surface area (Å²) in [5, 5.41) is 1.99. The van der Waals surface area contributed by atoms with Crippen LogP contribution >= 0.6 is 11.3 Å². The first-order valence-corrected chi connectivity index (χ1v) is 9.38. The molecule has 2 aliphatic heterocycles. The number of rotatable bonds is 2. The Morgan fingerprint density at radius 1 is 0.885 bits per heavy atom. The lowest BCUT2D eigenvalue weighted by atomic mass is 9.77. The fraction of sp³-hybridized carbons (Fsp3) is 0.0909. The second-order valence-electron chi connectivity index (χ2n) is 6.57. The van der Waals surface area contributed by atoms with Crippen molar-refractivity contribution in [2.24, 2.45) is 0 Å². The van der Waals surface area contributed by atoms with Crippen molar-refractivity contribution in [2.75, 3.05) is 4.90 Å². The van der Waals surface area contributed by atoms with Crippen LogP contribution in [0.25, 0.3) is 5.57 Å². The van der Waals surface area contributed by atoms with Crippen LogP contribution in [0.15, 0.2) is 78.2 Å². The highest BCUT2D eigenvalue weighted by molar-refractivity contribution is 7.11. The summed E-state index contributed by atoms with van der Waals surface area (Å²) < 4.78 is 0. The first-order chi connectivity index (χ1) is 12.7. The number of para-hydroxylation sites is 1. The van der Waals surface area contributed by atoms with E-state index in [-0.39, 0.29) is 11.7 Å². The van der Waals surface area contributed by atoms with Gasteiger partial charge in [-0.2, -0.15) is 0 Å². The minimum Gasteiger partial charge on any atom is -0.291 e. The van der Waals surface area contributed by atoms with Crippen LogP contribution in [0.2, 0.25) is 0 Å². The molecule has 3 heterocycles. The maximum absolute atomic E-state index is 13.6. The number of hydrogen-bond donors (Lipinski definition) is 0. The van der Waals surface area contributed by atoms with E-state index in [1.54, 1.807) is 22.3 Å². The number of carbonyl (C=O) groups excluding carboxylic acids is 2. The highest BCUT2D eigenvalue weighted by Gasteiger charge is 2.56. The number of fused-ring (bicyclic) bond motifs is 3. The predicted octanol–water partition coefficient (Wildman–Crippen LogP) is 4.66. The largest absolute Gasteiger partial charge is 0.291 e. The van der Waals surface area contributed by atoms with Crippen LogP contribution in [-0.4, -0.2) is 11.7 Å². The molecule has 0 saturated carbocycles. The first-order valence-electron chi connectivity index (χ1n) is 8.50. The summed E-state index contributed by atoms with van der Waals surface area (Å²) >= 11 is 1.59. The van der Waals surface area contributed by atoms with E-state index in [1.165, 1.54) is 0 Å². The number of amides is 1. The quantitative estimate of drug-likeness (QED) is 0.669. The molecule has 3 aromatic rings. The third-order valence-corrected chi connectivity index (χ3v) is 6.15. The number of hydrogen-bond acceptors (Lipinski definition) is 3. The van der Waals surface area contributed by atoms with Gasteiger partial charge < -0.3 is 0 Å². The molecule has 0 saturated heterocycles. The van der Waals surface area contributed by atoms with Crippen LogP contribution in [0.4, 0.5) is 5.69 Å². The first kappa shape index (κ1) is 15.3. The summed E-state index contributed by atoms with van der Waals surface area (Å²) in [5.41, 5.74) is 2.09. The number of thiophene rings is 1. The second-order valence-corrected chi connectivity index (χ2v) is 7.52. The molecule has 26 heavy (non-hydrogen) atoms. The molecule has 2 aromatic carbocycles. The number of benzene rings is 2. The zero-order chi connectivity index (χ0) is 17.7. The highest BCUT2D eigenvalue weighted by Crippen LogP contribution is 2.52. The summed E-state index contributed by atoms with van der Waals surface area (Å²) in [5.74, 6) is -0.142. The predicted molar refractivity (Wildman–Crippen MR) is 103 cm³/mol. The van der Waals surface area contributed by atoms with Gasteiger partial charge >= 0.3 is 0 Å². The van der Waals surface area contributed by atoms with E-state index < -0.39 is 5.54 Å². The van der Waals surface area contributed by atoms with Crippen molar-refractivity contribution in [3.05, 3.63) is 94.2 Å². The maximum Gasteiger partial charge on any atom is 0.252 e. The number of carbonyl (C=O) groups is 2. The Morgan fingerprint density at radius 2 is 1.65 bits per heavy atom. The van der Waals surface area contributed by atoms with E-state index in [2.05, 4.69) is 0 Å². The monoisotopic (exact) mass is 357 g/mol. The van der Waals surface area contributed by atoms with Crippen molar-refractivity contribution in [1.82, 2.24) is 0 Å². The van der Waals surface area contributed by atoms with E-state index in [0.29, 0.717) is 17.7 Å². The molecule has 1 aromatic heterocycles. The third-order valence-electron chi connectivity index (χ3n) is 5.20. The maximum atomic E-state index is 13.6. The Morgan fingerprint density at radius 3 is 2.42 bits per heavy atom. The SMILES string of the molecule is O=C1C=C(c2cccs2)C[C@]2(c3ccccc3)C(=O)c3ccccc3N12. The van der Waals surface area contributed by atoms with Crippen molar-refractivity contribution in [2.45, 2.75) is 12.0 Å². The molecule has 0 unspecified atom stereocenters. The Kier molecular flexibility index (Phi) is 3.24. The van der Waals surface area contributed by atoms with Crippen LogP contribution in [-0.2, 0) is 10.3 Å². The molecule has 3 nitrogen and oxygen atoms in total. The molecule has 1 atom stereocenters. The number of nitrogens with zero attached hydrogens (tertiary/aromatic N) is 1. The zero-order valence-electron chi connectivity index (χ0n) is 13.9. The van der Waals surface area contributed by atoms with Crippen molar-refractivity contribution in [3.63, 3.8) is 0 Å². The number of ketones is 1. The van der Waals surface area contributed by atoms with Crippen LogP contribution in [0.5, 0.6) is 0 Å². The molecular formula is C22H15NO2S. The number of anilines is 1. The molecule has 0 N–H and O–H groups in total. The van der Waals surface area contributed by atoms with Crippen molar-refractivity contribution in [1.29, 1.82) is 0 Å². The molecule has 0 radical (unpaired) electrons. The standard InChI is InChI=1S/C22H15NO2S/c24-20-13-15(19-11-6-12-26-19)14-22(16-7-2-1-3-8-16)21(25)17-9-4-5-10-18(17)23(20)22/h1-13H,14H2/t22-/m0/s1. The summed E-state index contributed by atoms with van der Waals surface area (Å²) in [6.07, 6.45) is 2.17. The van der Waals surface area contributed by atoms with Gasteiger partial charge in [0.05, 0.1) is 5.69 Å². The van der Waals surface area contributed by atoms with Crippen LogP contribution < -0.4 is 4.90 Å². The van der Waals surface area contributed by atoms with Crippen LogP contribution in [0.1, 0.15) is 27.2 Å². The van der Waals surface area contributed by atoms with Gasteiger partial charge in [-0.1, -0.05) is 48.5 Å². The Labute approximate surface area is 155 Å². The Hall–Kier alpha value is -2.98. The van der Waals surface area contributed by atoms with E-state index in [0.717, 1.165) is 16.0 Å². The molecule has 2 aliphatic rings. The van der Waals surface area contributed by atoms with Gasteiger partial charge in [0, 0.05) is 22.9 Å². The lowest BCUT2D eigenvalue weighted by molar-refractivity contribution is -0.115. The van der Waals surface area contributed by atoms with Gasteiger partial charge in [-0.05, 0) is 34.7 Å². The minimum atomic E-state index is -1.00. The lowest BCUT2D eigenvalue weighted by Gasteiger charge is -2.40. The normalized spacial score (nSPS) is 21.4. The van der Waals surface area contributed by atoms with Gasteiger partial charge in [-0.15, -0.1) is 11.3 Å². The van der Waals surface area contributed by atoms with Crippen molar-refractivity contribution >= 4 is 34.3 Å². The molecule has 0 spiro atoms. The summed E-state index contributed by atoms with van der Waals surface area (Å²) in [6.45, 7) is 0. The molecule has 126 valence electrons. The van der Waals surface area contributed by atoms with Crippen LogP contribution in [0.3, 0.4) is 0 Å². The fourth-order valence-electron chi connectivity index (χ4n) is 4.09. The smallest absolute Gasteiger partial charge is 0.252 e. The summed E-state index contributed by atoms with van der Waals surface area (Å²) in [6, 6.07) is 21.0. The second kappa shape index (κ2) is 5.51. The van der Waals surface area contributed by atoms with E-state index in [4.69, 9.17) is 0 Å². The Bertz CT molecular complexity index is 1050.